The Labute approximate surface area is 228 Å². The maximum absolute atomic E-state index is 13.6. The van der Waals surface area contributed by atoms with Gasteiger partial charge in [-0.15, -0.1) is 5.10 Å². The maximum atomic E-state index is 13.6. The Morgan fingerprint density at radius 3 is 2.38 bits per heavy atom. The van der Waals surface area contributed by atoms with Crippen molar-refractivity contribution in [3.05, 3.63) is 95.6 Å². The molecule has 0 fully saturated rings. The highest BCUT2D eigenvalue weighted by Gasteiger charge is 2.31. The minimum atomic E-state index is -4.53. The van der Waals surface area contributed by atoms with E-state index in [0.29, 0.717) is 29.5 Å². The molecule has 0 atom stereocenters. The van der Waals surface area contributed by atoms with Gasteiger partial charge < -0.3 is 24.3 Å². The van der Waals surface area contributed by atoms with E-state index >= 15 is 0 Å². The maximum Gasteiger partial charge on any atom is 0.416 e. The molecule has 0 spiro atoms. The van der Waals surface area contributed by atoms with E-state index in [1.54, 1.807) is 23.1 Å². The van der Waals surface area contributed by atoms with Crippen molar-refractivity contribution in [2.75, 3.05) is 31.2 Å². The van der Waals surface area contributed by atoms with Gasteiger partial charge in [-0.1, -0.05) is 30.3 Å². The zero-order valence-electron chi connectivity index (χ0n) is 21.7. The van der Waals surface area contributed by atoms with Crippen molar-refractivity contribution in [2.45, 2.75) is 19.3 Å². The molecular weight excluding hydrogens is 527 g/mol. The highest BCUT2D eigenvalue weighted by atomic mass is 19.4. The standard InChI is InChI=1S/C28H26F3N5O4/c1-37-21-10-19(11-22(13-21)38-2)14-32-24-12-20(28(29,30)31)8-9-23(24)26-33-27(35-34-26)36(25-16-39-17-40-25)15-18-6-4-3-5-7-18/h3-13,16,32H,14-15,17H2,1-2H3,(H,33,34,35). The molecule has 3 aromatic carbocycles. The van der Waals surface area contributed by atoms with E-state index < -0.39 is 11.7 Å². The largest absolute Gasteiger partial charge is 0.497 e. The average Bonchev–Trinajstić information content (AvgIpc) is 3.68. The van der Waals surface area contributed by atoms with Crippen LogP contribution in [0.1, 0.15) is 16.7 Å². The molecule has 2 heterocycles. The Kier molecular flexibility index (Phi) is 7.67. The molecule has 0 radical (unpaired) electrons. The molecule has 2 N–H and O–H groups in total. The van der Waals surface area contributed by atoms with Crippen LogP contribution in [0, 0.1) is 0 Å². The predicted molar refractivity (Wildman–Crippen MR) is 141 cm³/mol. The fraction of sp³-hybridized carbons (Fsp3) is 0.214. The molecule has 0 saturated heterocycles. The molecule has 9 nitrogen and oxygen atoms in total. The Bertz CT molecular complexity index is 1470. The molecule has 1 aliphatic heterocycles. The summed E-state index contributed by atoms with van der Waals surface area (Å²) in [4.78, 5) is 6.32. The fourth-order valence-electron chi connectivity index (χ4n) is 4.12. The Morgan fingerprint density at radius 1 is 0.975 bits per heavy atom. The predicted octanol–water partition coefficient (Wildman–Crippen LogP) is 5.93. The number of methoxy groups -OCH3 is 2. The summed E-state index contributed by atoms with van der Waals surface area (Å²) < 4.78 is 62.3. The van der Waals surface area contributed by atoms with Gasteiger partial charge in [-0.05, 0) is 41.5 Å². The van der Waals surface area contributed by atoms with E-state index in [-0.39, 0.29) is 30.8 Å². The summed E-state index contributed by atoms with van der Waals surface area (Å²) >= 11 is 0. The number of benzene rings is 3. The van der Waals surface area contributed by atoms with E-state index in [0.717, 1.165) is 23.3 Å². The number of hydrogen-bond donors (Lipinski definition) is 2. The van der Waals surface area contributed by atoms with Gasteiger partial charge in [0.25, 0.3) is 5.95 Å². The van der Waals surface area contributed by atoms with Gasteiger partial charge >= 0.3 is 6.18 Å². The third-order valence-electron chi connectivity index (χ3n) is 6.12. The van der Waals surface area contributed by atoms with Crippen LogP contribution in [0.2, 0.25) is 0 Å². The summed E-state index contributed by atoms with van der Waals surface area (Å²) in [5.74, 6) is 2.07. The number of ether oxygens (including phenoxy) is 4. The lowest BCUT2D eigenvalue weighted by molar-refractivity contribution is -0.137. The zero-order chi connectivity index (χ0) is 28.1. The van der Waals surface area contributed by atoms with Gasteiger partial charge in [0.15, 0.2) is 5.82 Å². The number of hydrogen-bond acceptors (Lipinski definition) is 8. The second kappa shape index (κ2) is 11.5. The molecule has 1 aromatic heterocycles. The van der Waals surface area contributed by atoms with Gasteiger partial charge in [0, 0.05) is 23.9 Å². The van der Waals surface area contributed by atoms with Gasteiger partial charge in [-0.2, -0.15) is 18.2 Å². The molecule has 208 valence electrons. The zero-order valence-corrected chi connectivity index (χ0v) is 21.7. The van der Waals surface area contributed by atoms with Crippen LogP contribution in [0.15, 0.2) is 78.9 Å². The first-order valence-electron chi connectivity index (χ1n) is 12.2. The third kappa shape index (κ3) is 6.06. The van der Waals surface area contributed by atoms with Gasteiger partial charge in [0.2, 0.25) is 12.7 Å². The molecule has 0 unspecified atom stereocenters. The van der Waals surface area contributed by atoms with E-state index in [1.807, 2.05) is 30.3 Å². The van der Waals surface area contributed by atoms with Crippen molar-refractivity contribution < 1.29 is 32.1 Å². The number of rotatable bonds is 10. The van der Waals surface area contributed by atoms with E-state index in [1.165, 1.54) is 26.5 Å². The summed E-state index contributed by atoms with van der Waals surface area (Å²) in [6.07, 6.45) is -3.06. The molecule has 5 rings (SSSR count). The second-order valence-corrected chi connectivity index (χ2v) is 8.77. The van der Waals surface area contributed by atoms with Gasteiger partial charge in [0.1, 0.15) is 17.8 Å². The van der Waals surface area contributed by atoms with Crippen molar-refractivity contribution in [3.8, 4) is 22.9 Å². The number of nitrogens with one attached hydrogen (secondary N) is 2. The SMILES string of the molecule is COc1cc(CNc2cc(C(F)(F)F)ccc2-c2nc(N(Cc3ccccc3)C3=COCO3)n[nH]2)cc(OC)c1. The summed E-state index contributed by atoms with van der Waals surface area (Å²) in [5.41, 5.74) is 1.54. The van der Waals surface area contributed by atoms with Gasteiger partial charge in [0.05, 0.1) is 26.3 Å². The normalized spacial score (nSPS) is 12.8. The summed E-state index contributed by atoms with van der Waals surface area (Å²) in [6, 6.07) is 18.3. The van der Waals surface area contributed by atoms with Crippen LogP contribution in [0.5, 0.6) is 11.5 Å². The number of nitrogens with zero attached hydrogens (tertiary/aromatic N) is 3. The van der Waals surface area contributed by atoms with Crippen LogP contribution >= 0.6 is 0 Å². The topological polar surface area (TPSA) is 93.8 Å². The summed E-state index contributed by atoms with van der Waals surface area (Å²) in [5, 5.41) is 10.3. The number of aromatic nitrogens is 3. The molecule has 0 aliphatic carbocycles. The molecule has 12 heteroatoms. The lowest BCUT2D eigenvalue weighted by Crippen LogP contribution is -2.23. The monoisotopic (exact) mass is 553 g/mol. The van der Waals surface area contributed by atoms with E-state index in [4.69, 9.17) is 18.9 Å². The fourth-order valence-corrected chi connectivity index (χ4v) is 4.12. The number of halogens is 3. The van der Waals surface area contributed by atoms with Crippen molar-refractivity contribution in [1.29, 1.82) is 0 Å². The highest BCUT2D eigenvalue weighted by molar-refractivity contribution is 5.75. The van der Waals surface area contributed by atoms with Crippen LogP contribution in [0.4, 0.5) is 24.8 Å². The summed E-state index contributed by atoms with van der Waals surface area (Å²) in [6.45, 7) is 0.629. The lowest BCUT2D eigenvalue weighted by Gasteiger charge is -2.20. The first kappa shape index (κ1) is 26.7. The molecule has 0 amide bonds. The molecule has 1 aliphatic rings. The minimum absolute atomic E-state index is 0.0555. The summed E-state index contributed by atoms with van der Waals surface area (Å²) in [7, 11) is 3.05. The van der Waals surface area contributed by atoms with Crippen molar-refractivity contribution >= 4 is 11.6 Å². The number of H-pyrrole nitrogens is 1. The first-order valence-corrected chi connectivity index (χ1v) is 12.2. The molecule has 40 heavy (non-hydrogen) atoms. The van der Waals surface area contributed by atoms with Crippen molar-refractivity contribution in [1.82, 2.24) is 15.2 Å². The molecule has 0 saturated carbocycles. The minimum Gasteiger partial charge on any atom is -0.497 e. The van der Waals surface area contributed by atoms with Crippen LogP contribution < -0.4 is 19.7 Å². The second-order valence-electron chi connectivity index (χ2n) is 8.77. The smallest absolute Gasteiger partial charge is 0.416 e. The molecule has 0 bridgehead atoms. The highest BCUT2D eigenvalue weighted by Crippen LogP contribution is 2.36. The first-order chi connectivity index (χ1) is 19.3. The Morgan fingerprint density at radius 2 is 1.73 bits per heavy atom. The Balaban J connectivity index is 1.47. The average molecular weight is 554 g/mol. The van der Waals surface area contributed by atoms with Gasteiger partial charge in [-0.3, -0.25) is 10.00 Å². The number of anilines is 2. The van der Waals surface area contributed by atoms with E-state index in [9.17, 15) is 13.2 Å². The van der Waals surface area contributed by atoms with Crippen LogP contribution in [0.3, 0.4) is 0 Å². The third-order valence-corrected chi connectivity index (χ3v) is 6.12. The molecule has 4 aromatic rings. The van der Waals surface area contributed by atoms with Crippen molar-refractivity contribution in [2.24, 2.45) is 0 Å². The number of alkyl halides is 3. The van der Waals surface area contributed by atoms with Gasteiger partial charge in [-0.25, -0.2) is 0 Å². The Hall–Kier alpha value is -4.87. The van der Waals surface area contributed by atoms with E-state index in [2.05, 4.69) is 20.5 Å². The van der Waals surface area contributed by atoms with Crippen LogP contribution in [0.25, 0.3) is 11.4 Å². The lowest BCUT2D eigenvalue weighted by atomic mass is 10.1. The van der Waals surface area contributed by atoms with Crippen molar-refractivity contribution in [3.63, 3.8) is 0 Å². The van der Waals surface area contributed by atoms with Crippen LogP contribution in [-0.2, 0) is 28.7 Å². The van der Waals surface area contributed by atoms with Crippen LogP contribution in [-0.4, -0.2) is 36.2 Å². The number of aromatic amines is 1. The quantitative estimate of drug-likeness (QED) is 0.250. The molecular formula is C28H26F3N5O4.